The van der Waals surface area contributed by atoms with Crippen LogP contribution in [0, 0.1) is 5.92 Å². The monoisotopic (exact) mass is 2100 g/mol. The van der Waals surface area contributed by atoms with Crippen molar-refractivity contribution in [1.82, 2.24) is 75.8 Å². The number of rotatable bonds is 22. The standard InChI is InChI=1S/C21H21N3O2S.C19H26N6O2S.C18H17N3O2S.C17H21N5O3S.2C14H16N4O2S/c25-18-13-20(26)27-19(18)12-15-10-11-22-21(23-15)24-17-9-5-4-8-16(17)14-6-2-1-3-7-14;1-24(14-6-5-7-20-12-14)16-11-13(10-15-17(26)23-19(27)28-15)21-18(22-16)25-8-3-2-4-9-25;19-11-13-3-1-2-12(8-13)4-5-17-20-7-6-14(21-17)9-16-15(22)10-18(23)24-16;1-10(23)8-13(18)11-3-6-22(7-4-11)16-19-5-2-12(20-16)9-14-15(24)21-17(25)26-14;2*15-9-2-1-5-18(8-9)14-16-4-3-10(17-14)6-12-11(19)7-13(20)21-12/h1-3,6-7,10-12,16-17H,4-5,8-9,13H2,(H,22,23,24);10-11,14,20H,2-9,12H2,1H3,(H,23,26,27);1-3,6-9H,4-5,10-11,19H2;2,5,9,11,13H,3-4,6-8,18H2,1H3,(H,21,24,25);2*3-4,6,9H,1-2,5,7-8,15H2/b19-12-;15-10-;16-9-;14-9-;2*12-6-/t;;;;2*9-/m....10/s1. The summed E-state index contributed by atoms with van der Waals surface area (Å²) in [6.07, 6.45) is 36.4. The molecule has 0 bridgehead atoms. The maximum atomic E-state index is 11.9. The molecule has 11 aliphatic heterocycles. The summed E-state index contributed by atoms with van der Waals surface area (Å²) in [6.45, 7) is 10.8. The number of amides is 4. The quantitative estimate of drug-likeness (QED) is 0.0231. The number of anilines is 6. The van der Waals surface area contributed by atoms with Gasteiger partial charge in [-0.25, -0.2) is 54.8 Å². The van der Waals surface area contributed by atoms with Crippen LogP contribution >= 0.6 is 70.6 Å². The fraction of sp³-hybridized carbons (Fsp3) is 0.408. The van der Waals surface area contributed by atoms with Crippen LogP contribution in [0.15, 0.2) is 151 Å². The zero-order chi connectivity index (χ0) is 103. The number of imide groups is 2. The highest BCUT2D eigenvalue weighted by molar-refractivity contribution is 8.20. The highest BCUT2D eigenvalue weighted by atomic mass is 32.2. The first-order valence-corrected chi connectivity index (χ1v) is 54.1. The number of hydrogen-bond donors (Lipinski definition) is 8. The number of likely N-dealkylation sites (N-methyl/N-ethyl adjacent to an activating group) is 1. The van der Waals surface area contributed by atoms with Gasteiger partial charge in [-0.15, -0.1) is 0 Å². The molecule has 20 rings (SSSR count). The van der Waals surface area contributed by atoms with Crippen molar-refractivity contribution in [3.63, 3.8) is 0 Å². The van der Waals surface area contributed by atoms with Crippen molar-refractivity contribution in [3.05, 3.63) is 208 Å². The Morgan fingerprint density at radius 3 is 1.39 bits per heavy atom. The number of ketones is 5. The lowest BCUT2D eigenvalue weighted by Gasteiger charge is -2.34. The summed E-state index contributed by atoms with van der Waals surface area (Å²) in [5.74, 6) is 4.27. The number of aryl methyl sites for hydroxylation is 2. The van der Waals surface area contributed by atoms with Gasteiger partial charge in [-0.1, -0.05) is 67.4 Å². The van der Waals surface area contributed by atoms with Crippen LogP contribution in [-0.2, 0) is 72.1 Å². The number of nitrogens with one attached hydrogen (secondary N) is 4. The van der Waals surface area contributed by atoms with Crippen LogP contribution in [0.25, 0.3) is 36.5 Å². The number of hydrogen-bond acceptors (Lipinski definition) is 42. The Morgan fingerprint density at radius 2 is 0.912 bits per heavy atom. The molecule has 12 N–H and O–H groups in total. The van der Waals surface area contributed by atoms with Crippen LogP contribution in [0.1, 0.15) is 198 Å². The van der Waals surface area contributed by atoms with Gasteiger partial charge in [0.05, 0.1) is 89.3 Å². The molecule has 4 amide bonds. The third-order valence-electron chi connectivity index (χ3n) is 25.7. The first kappa shape index (κ1) is 109. The highest BCUT2D eigenvalue weighted by Gasteiger charge is 2.36. The van der Waals surface area contributed by atoms with E-state index in [0.717, 1.165) is 231 Å². The number of nitrogens with two attached hydrogens (primary N) is 4. The van der Waals surface area contributed by atoms with Crippen molar-refractivity contribution in [2.75, 3.05) is 102 Å². The summed E-state index contributed by atoms with van der Waals surface area (Å²) in [4.78, 5) is 216. The van der Waals surface area contributed by atoms with E-state index >= 15 is 0 Å². The minimum Gasteiger partial charge on any atom is -0.355 e. The second kappa shape index (κ2) is 53.3. The largest absolute Gasteiger partial charge is 0.355 e. The van der Waals surface area contributed by atoms with E-state index < -0.39 is 5.91 Å². The molecule has 147 heavy (non-hydrogen) atoms. The molecule has 6 atom stereocenters. The van der Waals surface area contributed by atoms with Crippen molar-refractivity contribution in [3.8, 4) is 0 Å². The van der Waals surface area contributed by atoms with Crippen LogP contribution < -0.4 is 68.7 Å². The number of carbonyl (C=O) groups excluding carboxylic acids is 13. The van der Waals surface area contributed by atoms with E-state index in [4.69, 9.17) is 32.9 Å². The van der Waals surface area contributed by atoms with E-state index in [1.807, 2.05) is 24.3 Å². The number of piperidine rings is 5. The molecule has 1 aliphatic carbocycles. The smallest absolute Gasteiger partial charge is 0.290 e. The fourth-order valence-electron chi connectivity index (χ4n) is 18.2. The van der Waals surface area contributed by atoms with Gasteiger partial charge in [0.1, 0.15) is 17.4 Å². The molecule has 1 saturated carbocycles. The van der Waals surface area contributed by atoms with E-state index in [1.165, 1.54) is 30.4 Å². The molecular formula is C103H117N25O13S6. The van der Waals surface area contributed by atoms with Crippen molar-refractivity contribution < 1.29 is 62.3 Å². The SMILES string of the molecule is CC(=O)CC(N)C1CCN(c2nccc(/C=C3\SC(=O)NC3=O)n2)CC1.CN(c1cc(/C=C2\SC(=O)NC2=O)nc(N2CCCCC2)n1)C1CCCNC1.NCc1cccc(CCc2nccc(/C=C3\SC(=O)CC3=O)n2)c1.N[C@@H]1CCCN(c2nccc(/C=C3\SC(=O)CC3=O)n2)C1.N[C@H]1CCCN(c2nccc(/C=C3\SC(=O)CC3=O)n2)C1.O=C1CC(=O)/C(=C/c2ccnc(NC3CCCCC3c3ccccc3)n2)S1. The average Bonchev–Trinajstić information content (AvgIpc) is 1.71. The van der Waals surface area contributed by atoms with E-state index in [-0.39, 0.29) is 116 Å². The normalized spacial score (nSPS) is 22.6. The van der Waals surface area contributed by atoms with Gasteiger partial charge < -0.3 is 58.1 Å². The molecule has 768 valence electrons. The lowest BCUT2D eigenvalue weighted by molar-refractivity contribution is -0.120. The van der Waals surface area contributed by atoms with E-state index in [0.29, 0.717) is 136 Å². The molecule has 44 heteroatoms. The minimum absolute atomic E-state index is 0.0184. The Morgan fingerprint density at radius 1 is 0.449 bits per heavy atom. The van der Waals surface area contributed by atoms with Gasteiger partial charge in [0.25, 0.3) is 22.3 Å². The van der Waals surface area contributed by atoms with Gasteiger partial charge >= 0.3 is 0 Å². The summed E-state index contributed by atoms with van der Waals surface area (Å²) in [6, 6.07) is 30.2. The second-order valence-electron chi connectivity index (χ2n) is 36.9. The van der Waals surface area contributed by atoms with Crippen LogP contribution in [0.2, 0.25) is 0 Å². The van der Waals surface area contributed by atoms with E-state index in [2.05, 4.69) is 139 Å². The van der Waals surface area contributed by atoms with E-state index in [1.54, 1.807) is 105 Å². The van der Waals surface area contributed by atoms with E-state index in [9.17, 15) is 62.3 Å². The molecule has 8 aromatic rings. The summed E-state index contributed by atoms with van der Waals surface area (Å²) in [5.41, 5.74) is 31.2. The lowest BCUT2D eigenvalue weighted by Crippen LogP contribution is -2.44. The summed E-state index contributed by atoms with van der Waals surface area (Å²) < 4.78 is 0. The number of benzene rings is 2. The first-order chi connectivity index (χ1) is 71.1. The maximum Gasteiger partial charge on any atom is 0.290 e. The Bertz CT molecular complexity index is 6320. The molecule has 12 aliphatic rings. The molecule has 6 aromatic heterocycles. The molecule has 38 nitrogen and oxygen atoms in total. The van der Waals surface area contributed by atoms with Crippen molar-refractivity contribution >= 4 is 214 Å². The van der Waals surface area contributed by atoms with Crippen molar-refractivity contribution in [2.24, 2.45) is 28.9 Å². The Kier molecular flexibility index (Phi) is 39.4. The van der Waals surface area contributed by atoms with Crippen LogP contribution in [-0.4, -0.2) is 234 Å². The summed E-state index contributed by atoms with van der Waals surface area (Å²) in [7, 11) is 2.07. The number of carbonyl (C=O) groups is 13. The predicted octanol–water partition coefficient (Wildman–Crippen LogP) is 11.7. The lowest BCUT2D eigenvalue weighted by atomic mass is 9.80. The van der Waals surface area contributed by atoms with Gasteiger partial charge in [0, 0.05) is 159 Å². The molecule has 0 radical (unpaired) electrons. The first-order valence-electron chi connectivity index (χ1n) is 49.2. The Hall–Kier alpha value is -12.6. The van der Waals surface area contributed by atoms with Crippen LogP contribution in [0.4, 0.5) is 45.1 Å². The second-order valence-corrected chi connectivity index (χ2v) is 43.3. The summed E-state index contributed by atoms with van der Waals surface area (Å²) >= 11 is 5.75. The number of nitrogens with zero attached hydrogens (tertiary/aromatic N) is 17. The maximum absolute atomic E-state index is 11.9. The average molecular weight is 2110 g/mol. The zero-order valence-corrected chi connectivity index (χ0v) is 86.5. The molecule has 4 unspecified atom stereocenters. The minimum atomic E-state index is -0.402. The highest BCUT2D eigenvalue weighted by Crippen LogP contribution is 2.39. The third kappa shape index (κ3) is 32.2. The topological polar surface area (TPSA) is 545 Å². The Labute approximate surface area is 876 Å². The van der Waals surface area contributed by atoms with Crippen LogP contribution in [0.3, 0.4) is 0 Å². The predicted molar refractivity (Wildman–Crippen MR) is 575 cm³/mol. The van der Waals surface area contributed by atoms with Crippen molar-refractivity contribution in [2.45, 2.75) is 191 Å². The third-order valence-corrected chi connectivity index (χ3v) is 31.1. The number of Topliss-reactive ketones (excluding diaryl/α,β-unsaturated/α-hetero) is 5. The Balaban J connectivity index is 0.000000133. The summed E-state index contributed by atoms with van der Waals surface area (Å²) in [5, 5.41) is 10.3. The molecule has 11 saturated heterocycles. The van der Waals surface area contributed by atoms with Gasteiger partial charge in [-0.3, -0.25) is 73.0 Å². The van der Waals surface area contributed by atoms with Gasteiger partial charge in [0.2, 0.25) is 50.2 Å². The van der Waals surface area contributed by atoms with Crippen molar-refractivity contribution in [1.29, 1.82) is 0 Å². The van der Waals surface area contributed by atoms with Gasteiger partial charge in [0.15, 0.2) is 23.1 Å². The fourth-order valence-corrected chi connectivity index (χ4v) is 22.8. The van der Waals surface area contributed by atoms with Crippen LogP contribution in [0.5, 0.6) is 0 Å². The molecule has 12 fully saturated rings. The number of aromatic nitrogens is 12. The molecule has 0 spiro atoms. The number of thioether (sulfide) groups is 6. The van der Waals surface area contributed by atoms with Gasteiger partial charge in [-0.05, 0) is 263 Å². The zero-order valence-electron chi connectivity index (χ0n) is 81.6. The molecule has 2 aromatic carbocycles. The number of allylic oxidation sites excluding steroid dienone is 4. The molecular weight excluding hydrogens is 1990 g/mol. The van der Waals surface area contributed by atoms with Gasteiger partial charge in [-0.2, -0.15) is 4.98 Å². The molecule has 17 heterocycles.